The standard InChI is InChI=1S/C16H28O11/c1-6-10(19)9(5-24-7(2)18)26-16(11(6)20)27-14-12(21)8(4-17)25-15(23-3)13(14)22/h6,8-17,19-22H,4-5H2,1-3H3. The zero-order valence-corrected chi connectivity index (χ0v) is 15.4. The summed E-state index contributed by atoms with van der Waals surface area (Å²) >= 11 is 0. The van der Waals surface area contributed by atoms with Gasteiger partial charge in [0.1, 0.15) is 43.2 Å². The van der Waals surface area contributed by atoms with Gasteiger partial charge in [-0.1, -0.05) is 6.92 Å². The predicted octanol–water partition coefficient (Wildman–Crippen LogP) is -2.90. The molecule has 2 fully saturated rings. The number of ether oxygens (including phenoxy) is 5. The fraction of sp³-hybridized carbons (Fsp3) is 0.938. The van der Waals surface area contributed by atoms with Gasteiger partial charge in [0.15, 0.2) is 12.6 Å². The molecule has 0 bridgehead atoms. The first kappa shape index (κ1) is 22.4. The van der Waals surface area contributed by atoms with Crippen molar-refractivity contribution in [2.24, 2.45) is 5.92 Å². The molecule has 11 nitrogen and oxygen atoms in total. The number of rotatable bonds is 6. The number of carbonyl (C=O) groups is 1. The monoisotopic (exact) mass is 396 g/mol. The molecule has 0 aliphatic carbocycles. The lowest BCUT2D eigenvalue weighted by Gasteiger charge is -2.46. The van der Waals surface area contributed by atoms with Crippen LogP contribution in [0.1, 0.15) is 13.8 Å². The van der Waals surface area contributed by atoms with E-state index in [4.69, 9.17) is 23.7 Å². The van der Waals surface area contributed by atoms with E-state index in [2.05, 4.69) is 0 Å². The summed E-state index contributed by atoms with van der Waals surface area (Å²) in [5.74, 6) is -1.27. The average molecular weight is 396 g/mol. The van der Waals surface area contributed by atoms with Crippen LogP contribution in [0.5, 0.6) is 0 Å². The maximum absolute atomic E-state index is 11.0. The second-order valence-electron chi connectivity index (χ2n) is 6.73. The predicted molar refractivity (Wildman–Crippen MR) is 86.1 cm³/mol. The molecule has 0 amide bonds. The van der Waals surface area contributed by atoms with Crippen LogP contribution in [0.25, 0.3) is 0 Å². The highest BCUT2D eigenvalue weighted by Gasteiger charge is 2.50. The van der Waals surface area contributed by atoms with Crippen molar-refractivity contribution in [3.05, 3.63) is 0 Å². The molecule has 0 aromatic heterocycles. The second-order valence-corrected chi connectivity index (χ2v) is 6.73. The molecule has 2 heterocycles. The van der Waals surface area contributed by atoms with Crippen LogP contribution in [0.2, 0.25) is 0 Å². The Balaban J connectivity index is 2.13. The Hall–Kier alpha value is -0.890. The summed E-state index contributed by atoms with van der Waals surface area (Å²) in [4.78, 5) is 11.0. The van der Waals surface area contributed by atoms with Crippen LogP contribution < -0.4 is 0 Å². The van der Waals surface area contributed by atoms with Gasteiger partial charge in [-0.2, -0.15) is 0 Å². The number of hydrogen-bond donors (Lipinski definition) is 5. The fourth-order valence-electron chi connectivity index (χ4n) is 3.14. The van der Waals surface area contributed by atoms with E-state index in [1.54, 1.807) is 6.92 Å². The molecule has 158 valence electrons. The molecule has 0 radical (unpaired) electrons. The number of esters is 1. The molecule has 11 heteroatoms. The van der Waals surface area contributed by atoms with Crippen LogP contribution in [-0.2, 0) is 28.5 Å². The van der Waals surface area contributed by atoms with Crippen LogP contribution in [-0.4, -0.2) is 107 Å². The van der Waals surface area contributed by atoms with E-state index in [1.165, 1.54) is 14.0 Å². The normalized spacial score (nSPS) is 45.5. The molecule has 2 saturated heterocycles. The first-order chi connectivity index (χ1) is 12.7. The highest BCUT2D eigenvalue weighted by molar-refractivity contribution is 5.65. The summed E-state index contributed by atoms with van der Waals surface area (Å²) in [5.41, 5.74) is 0. The molecule has 27 heavy (non-hydrogen) atoms. The van der Waals surface area contributed by atoms with Gasteiger partial charge in [0, 0.05) is 20.0 Å². The Morgan fingerprint density at radius 1 is 0.963 bits per heavy atom. The number of methoxy groups -OCH3 is 1. The van der Waals surface area contributed by atoms with Gasteiger partial charge in [-0.05, 0) is 0 Å². The lowest BCUT2D eigenvalue weighted by Crippen LogP contribution is -2.63. The third-order valence-electron chi connectivity index (χ3n) is 4.84. The lowest BCUT2D eigenvalue weighted by atomic mass is 9.90. The third kappa shape index (κ3) is 4.94. The minimum absolute atomic E-state index is 0.258. The zero-order chi connectivity index (χ0) is 20.3. The molecule has 10 atom stereocenters. The Kier molecular flexibility index (Phi) is 7.92. The topological polar surface area (TPSA) is 164 Å². The van der Waals surface area contributed by atoms with Gasteiger partial charge in [-0.3, -0.25) is 4.79 Å². The quantitative estimate of drug-likeness (QED) is 0.293. The average Bonchev–Trinajstić information content (AvgIpc) is 2.64. The summed E-state index contributed by atoms with van der Waals surface area (Å²) in [5, 5.41) is 50.5. The van der Waals surface area contributed by atoms with Crippen LogP contribution in [0, 0.1) is 5.92 Å². The second kappa shape index (κ2) is 9.54. The molecule has 2 aliphatic heterocycles. The number of aliphatic hydroxyl groups excluding tert-OH is 5. The maximum atomic E-state index is 11.0. The van der Waals surface area contributed by atoms with E-state index in [-0.39, 0.29) is 6.61 Å². The third-order valence-corrected chi connectivity index (χ3v) is 4.84. The first-order valence-corrected chi connectivity index (χ1v) is 8.66. The van der Waals surface area contributed by atoms with Gasteiger partial charge in [0.25, 0.3) is 0 Å². The summed E-state index contributed by atoms with van der Waals surface area (Å²) in [6.07, 6.45) is -11.1. The van der Waals surface area contributed by atoms with Crippen LogP contribution in [0.4, 0.5) is 0 Å². The number of aliphatic hydroxyl groups is 5. The van der Waals surface area contributed by atoms with Crippen LogP contribution in [0.15, 0.2) is 0 Å². The van der Waals surface area contributed by atoms with E-state index < -0.39 is 73.8 Å². The number of hydrogen-bond acceptors (Lipinski definition) is 11. The Bertz CT molecular complexity index is 473. The first-order valence-electron chi connectivity index (χ1n) is 8.66. The summed E-state index contributed by atoms with van der Waals surface area (Å²) < 4.78 is 26.2. The minimum atomic E-state index is -1.43. The van der Waals surface area contributed by atoms with E-state index in [0.717, 1.165) is 0 Å². The smallest absolute Gasteiger partial charge is 0.302 e. The Morgan fingerprint density at radius 2 is 1.59 bits per heavy atom. The molecule has 5 N–H and O–H groups in total. The lowest BCUT2D eigenvalue weighted by molar-refractivity contribution is -0.353. The van der Waals surface area contributed by atoms with E-state index >= 15 is 0 Å². The fourth-order valence-corrected chi connectivity index (χ4v) is 3.14. The van der Waals surface area contributed by atoms with Crippen molar-refractivity contribution in [2.75, 3.05) is 20.3 Å². The van der Waals surface area contributed by atoms with E-state index in [1.807, 2.05) is 0 Å². The van der Waals surface area contributed by atoms with Crippen molar-refractivity contribution >= 4 is 5.97 Å². The Labute approximate surface area is 156 Å². The van der Waals surface area contributed by atoms with Crippen LogP contribution in [0.3, 0.4) is 0 Å². The minimum Gasteiger partial charge on any atom is -0.463 e. The van der Waals surface area contributed by atoms with Gasteiger partial charge < -0.3 is 49.2 Å². The molecule has 2 rings (SSSR count). The Morgan fingerprint density at radius 3 is 2.15 bits per heavy atom. The summed E-state index contributed by atoms with van der Waals surface area (Å²) in [6.45, 7) is 1.95. The van der Waals surface area contributed by atoms with E-state index in [0.29, 0.717) is 0 Å². The van der Waals surface area contributed by atoms with Crippen molar-refractivity contribution in [1.29, 1.82) is 0 Å². The molecular formula is C16H28O11. The molecule has 0 aromatic carbocycles. The molecule has 0 saturated carbocycles. The summed E-state index contributed by atoms with van der Waals surface area (Å²) in [6, 6.07) is 0. The van der Waals surface area contributed by atoms with Gasteiger partial charge in [0.2, 0.25) is 0 Å². The van der Waals surface area contributed by atoms with Gasteiger partial charge in [0.05, 0.1) is 12.7 Å². The maximum Gasteiger partial charge on any atom is 0.302 e. The number of carbonyl (C=O) groups excluding carboxylic acids is 1. The SMILES string of the molecule is COC1OC(CO)C(O)C(OC2OC(COC(C)=O)C(O)C(C)C2O)C1O. The summed E-state index contributed by atoms with van der Waals surface area (Å²) in [7, 11) is 1.27. The van der Waals surface area contributed by atoms with E-state index in [9.17, 15) is 30.3 Å². The highest BCUT2D eigenvalue weighted by Crippen LogP contribution is 2.31. The molecule has 0 aromatic rings. The van der Waals surface area contributed by atoms with Crippen molar-refractivity contribution in [1.82, 2.24) is 0 Å². The highest BCUT2D eigenvalue weighted by atomic mass is 16.7. The molecule has 0 spiro atoms. The van der Waals surface area contributed by atoms with Gasteiger partial charge in [-0.25, -0.2) is 0 Å². The van der Waals surface area contributed by atoms with Gasteiger partial charge in [-0.15, -0.1) is 0 Å². The van der Waals surface area contributed by atoms with Crippen molar-refractivity contribution in [3.63, 3.8) is 0 Å². The zero-order valence-electron chi connectivity index (χ0n) is 15.4. The van der Waals surface area contributed by atoms with Crippen molar-refractivity contribution in [2.45, 2.75) is 69.2 Å². The molecule has 10 unspecified atom stereocenters. The molecular weight excluding hydrogens is 368 g/mol. The van der Waals surface area contributed by atoms with Crippen molar-refractivity contribution in [3.8, 4) is 0 Å². The van der Waals surface area contributed by atoms with Crippen molar-refractivity contribution < 1.29 is 54.0 Å². The van der Waals surface area contributed by atoms with Gasteiger partial charge >= 0.3 is 5.97 Å². The largest absolute Gasteiger partial charge is 0.463 e. The van der Waals surface area contributed by atoms with Crippen LogP contribution >= 0.6 is 0 Å². The molecule has 2 aliphatic rings.